The second kappa shape index (κ2) is 15.1. The van der Waals surface area contributed by atoms with E-state index in [1.165, 1.54) is 13.8 Å². The number of morpholine rings is 1. The van der Waals surface area contributed by atoms with Crippen LogP contribution in [0.25, 0.3) is 0 Å². The molecule has 1 saturated heterocycles. The highest BCUT2D eigenvalue weighted by atomic mass is 35.5. The highest BCUT2D eigenvalue weighted by molar-refractivity contribution is 6.37. The second-order valence-corrected chi connectivity index (χ2v) is 11.2. The molecule has 8 nitrogen and oxygen atoms in total. The fourth-order valence-corrected chi connectivity index (χ4v) is 5.08. The Bertz CT molecular complexity index is 1110. The zero-order valence-electron chi connectivity index (χ0n) is 23.2. The van der Waals surface area contributed by atoms with Crippen molar-refractivity contribution >= 4 is 46.7 Å². The van der Waals surface area contributed by atoms with Crippen LogP contribution in [0.15, 0.2) is 36.4 Å². The Morgan fingerprint density at radius 2 is 1.45 bits per heavy atom. The Labute approximate surface area is 250 Å². The van der Waals surface area contributed by atoms with Gasteiger partial charge in [0.2, 0.25) is 0 Å². The Hall–Kier alpha value is -2.23. The Morgan fingerprint density at radius 1 is 0.900 bits per heavy atom. The first kappa shape index (κ1) is 32.3. The van der Waals surface area contributed by atoms with Crippen molar-refractivity contribution in [2.45, 2.75) is 45.3 Å². The molecule has 40 heavy (non-hydrogen) atoms. The molecular formula is C29H36Cl3NO7. The first-order valence-corrected chi connectivity index (χ1v) is 14.3. The number of alkyl halides is 1. The van der Waals surface area contributed by atoms with Crippen LogP contribution in [0.2, 0.25) is 10.0 Å². The molecule has 2 aromatic carbocycles. The van der Waals surface area contributed by atoms with Crippen molar-refractivity contribution in [3.05, 3.63) is 57.6 Å². The molecule has 0 aliphatic carbocycles. The predicted molar refractivity (Wildman–Crippen MR) is 155 cm³/mol. The number of hydrogen-bond acceptors (Lipinski definition) is 8. The maximum atomic E-state index is 11.6. The maximum absolute atomic E-state index is 11.6. The second-order valence-electron chi connectivity index (χ2n) is 10.1. The minimum absolute atomic E-state index is 0.0253. The summed E-state index contributed by atoms with van der Waals surface area (Å²) in [4.78, 5) is 25.0. The molecular weight excluding hydrogens is 581 g/mol. The lowest BCUT2D eigenvalue weighted by Gasteiger charge is -2.30. The van der Waals surface area contributed by atoms with Crippen LogP contribution in [0.5, 0.6) is 11.5 Å². The number of benzene rings is 2. The third kappa shape index (κ3) is 9.42. The molecule has 11 heteroatoms. The number of esters is 2. The summed E-state index contributed by atoms with van der Waals surface area (Å²) in [7, 11) is 0. The van der Waals surface area contributed by atoms with Gasteiger partial charge in [0.1, 0.15) is 31.2 Å². The molecule has 0 amide bonds. The van der Waals surface area contributed by atoms with Crippen molar-refractivity contribution in [1.29, 1.82) is 0 Å². The fraction of sp³-hybridized carbons (Fsp3) is 0.517. The zero-order valence-corrected chi connectivity index (χ0v) is 25.5. The van der Waals surface area contributed by atoms with Gasteiger partial charge in [-0.15, -0.1) is 11.6 Å². The van der Waals surface area contributed by atoms with Crippen molar-refractivity contribution in [2.24, 2.45) is 0 Å². The van der Waals surface area contributed by atoms with Gasteiger partial charge in [0.05, 0.1) is 29.1 Å². The third-order valence-electron chi connectivity index (χ3n) is 6.55. The molecule has 0 unspecified atom stereocenters. The monoisotopic (exact) mass is 615 g/mol. The maximum Gasteiger partial charge on any atom is 0.303 e. The number of ether oxygens (including phenoxy) is 5. The average molecular weight is 617 g/mol. The van der Waals surface area contributed by atoms with E-state index in [4.69, 9.17) is 58.5 Å². The van der Waals surface area contributed by atoms with Crippen LogP contribution < -0.4 is 9.47 Å². The summed E-state index contributed by atoms with van der Waals surface area (Å²) in [6, 6.07) is 11.4. The van der Waals surface area contributed by atoms with E-state index in [2.05, 4.69) is 18.7 Å². The zero-order chi connectivity index (χ0) is 29.3. The van der Waals surface area contributed by atoms with Gasteiger partial charge >= 0.3 is 11.9 Å². The van der Waals surface area contributed by atoms with Crippen LogP contribution in [-0.4, -0.2) is 81.0 Å². The molecule has 220 valence electrons. The molecule has 0 N–H and O–H groups in total. The van der Waals surface area contributed by atoms with Crippen LogP contribution in [0.4, 0.5) is 0 Å². The van der Waals surface area contributed by atoms with Gasteiger partial charge in [0, 0.05) is 38.9 Å². The van der Waals surface area contributed by atoms with E-state index in [-0.39, 0.29) is 31.2 Å². The number of halogens is 3. The standard InChI is InChI=1S/C29H36Cl3NO7/c1-19(34)39-24(15-30)17-38-28-26(31)13-22(14-27(28)32)29(3,4)21-5-7-23(8-6-21)37-18-25(40-20(2)35)16-33-9-11-36-12-10-33/h5-8,13-14,24-25H,9-12,15-18H2,1-4H3/t24-,25-/m0/s1. The molecule has 1 heterocycles. The Morgan fingerprint density at radius 3 is 2.00 bits per heavy atom. The average Bonchev–Trinajstić information content (AvgIpc) is 2.90. The Kier molecular flexibility index (Phi) is 12.2. The van der Waals surface area contributed by atoms with Crippen LogP contribution in [0, 0.1) is 0 Å². The van der Waals surface area contributed by atoms with Gasteiger partial charge in [0.25, 0.3) is 0 Å². The van der Waals surface area contributed by atoms with Gasteiger partial charge < -0.3 is 23.7 Å². The van der Waals surface area contributed by atoms with E-state index in [0.717, 1.165) is 24.2 Å². The van der Waals surface area contributed by atoms with Crippen molar-refractivity contribution in [3.63, 3.8) is 0 Å². The summed E-state index contributed by atoms with van der Waals surface area (Å²) in [6.07, 6.45) is -1.00. The van der Waals surface area contributed by atoms with Gasteiger partial charge in [0.15, 0.2) is 5.75 Å². The number of nitrogens with zero attached hydrogens (tertiary/aromatic N) is 1. The molecule has 2 aromatic rings. The molecule has 3 rings (SSSR count). The number of rotatable bonds is 13. The summed E-state index contributed by atoms with van der Waals surface area (Å²) in [5, 5.41) is 0.673. The van der Waals surface area contributed by atoms with Crippen LogP contribution in [0.3, 0.4) is 0 Å². The molecule has 1 aliphatic rings. The summed E-state index contributed by atoms with van der Waals surface area (Å²) >= 11 is 19.0. The van der Waals surface area contributed by atoms with E-state index in [9.17, 15) is 9.59 Å². The minimum Gasteiger partial charge on any atom is -0.490 e. The number of hydrogen-bond donors (Lipinski definition) is 0. The lowest BCUT2D eigenvalue weighted by molar-refractivity contribution is -0.149. The van der Waals surface area contributed by atoms with Gasteiger partial charge in [-0.05, 0) is 35.4 Å². The molecule has 0 saturated carbocycles. The van der Waals surface area contributed by atoms with Crippen molar-refractivity contribution in [3.8, 4) is 11.5 Å². The van der Waals surface area contributed by atoms with Crippen LogP contribution in [-0.2, 0) is 29.2 Å². The van der Waals surface area contributed by atoms with Crippen LogP contribution in [0.1, 0.15) is 38.8 Å². The molecule has 2 atom stereocenters. The molecule has 0 aromatic heterocycles. The van der Waals surface area contributed by atoms with Crippen molar-refractivity contribution < 1.29 is 33.3 Å². The predicted octanol–water partition coefficient (Wildman–Crippen LogP) is 5.51. The van der Waals surface area contributed by atoms with E-state index in [0.29, 0.717) is 41.3 Å². The minimum atomic E-state index is -0.619. The Balaban J connectivity index is 1.66. The number of carbonyl (C=O) groups excluding carboxylic acids is 2. The van der Waals surface area contributed by atoms with E-state index >= 15 is 0 Å². The molecule has 1 aliphatic heterocycles. The number of carbonyl (C=O) groups is 2. The fourth-order valence-electron chi connectivity index (χ4n) is 4.33. The van der Waals surface area contributed by atoms with Gasteiger partial charge in [-0.25, -0.2) is 0 Å². The first-order chi connectivity index (χ1) is 19.0. The smallest absolute Gasteiger partial charge is 0.303 e. The summed E-state index contributed by atoms with van der Waals surface area (Å²) in [6.45, 7) is 10.6. The van der Waals surface area contributed by atoms with E-state index in [1.54, 1.807) is 0 Å². The summed E-state index contributed by atoms with van der Waals surface area (Å²) in [5.41, 5.74) is 1.46. The lowest BCUT2D eigenvalue weighted by atomic mass is 9.78. The highest BCUT2D eigenvalue weighted by Gasteiger charge is 2.26. The summed E-state index contributed by atoms with van der Waals surface area (Å²) < 4.78 is 27.7. The van der Waals surface area contributed by atoms with Crippen molar-refractivity contribution in [2.75, 3.05) is 51.9 Å². The molecule has 0 spiro atoms. The van der Waals surface area contributed by atoms with E-state index in [1.807, 2.05) is 36.4 Å². The third-order valence-corrected chi connectivity index (χ3v) is 7.45. The summed E-state index contributed by atoms with van der Waals surface area (Å²) in [5.74, 6) is 0.263. The molecule has 0 bridgehead atoms. The van der Waals surface area contributed by atoms with E-state index < -0.39 is 17.5 Å². The lowest BCUT2D eigenvalue weighted by Crippen LogP contribution is -2.43. The molecule has 0 radical (unpaired) electrons. The van der Waals surface area contributed by atoms with Gasteiger partial charge in [-0.3, -0.25) is 14.5 Å². The largest absolute Gasteiger partial charge is 0.490 e. The van der Waals surface area contributed by atoms with Crippen LogP contribution >= 0.6 is 34.8 Å². The topological polar surface area (TPSA) is 83.5 Å². The molecule has 1 fully saturated rings. The van der Waals surface area contributed by atoms with Crippen molar-refractivity contribution in [1.82, 2.24) is 4.90 Å². The first-order valence-electron chi connectivity index (χ1n) is 13.1. The quantitative estimate of drug-likeness (QED) is 0.215. The van der Waals surface area contributed by atoms with Gasteiger partial charge in [-0.2, -0.15) is 0 Å². The normalized spacial score (nSPS) is 15.7. The SMILES string of the molecule is CC(=O)O[C@H](COc1ccc(C(C)(C)c2cc(Cl)c(OC[C@H](CCl)OC(C)=O)c(Cl)c2)cc1)CN1CCOCC1. The highest BCUT2D eigenvalue weighted by Crippen LogP contribution is 2.40. The van der Waals surface area contributed by atoms with Gasteiger partial charge in [-0.1, -0.05) is 49.2 Å².